The molecule has 1 N–H and O–H groups in total. The van der Waals surface area contributed by atoms with Crippen LogP contribution < -0.4 is 14.8 Å². The maximum Gasteiger partial charge on any atom is 0.230 e. The van der Waals surface area contributed by atoms with E-state index in [4.69, 9.17) is 9.47 Å². The smallest absolute Gasteiger partial charge is 0.230 e. The molecule has 0 aromatic heterocycles. The Bertz CT molecular complexity index is 973. The lowest BCUT2D eigenvalue weighted by atomic mass is 10.0. The highest BCUT2D eigenvalue weighted by molar-refractivity contribution is 8.00. The Balaban J connectivity index is 1.35. The molecule has 1 aliphatic rings. The number of hydrogen-bond acceptors (Lipinski definition) is 4. The fraction of sp³-hybridized carbons (Fsp3) is 0.227. The largest absolute Gasteiger partial charge is 0.486 e. The van der Waals surface area contributed by atoms with E-state index in [1.165, 1.54) is 22.5 Å². The number of amides is 1. The monoisotopic (exact) mass is 379 g/mol. The van der Waals surface area contributed by atoms with Crippen molar-refractivity contribution in [1.29, 1.82) is 0 Å². The molecule has 0 radical (unpaired) electrons. The van der Waals surface area contributed by atoms with Gasteiger partial charge in [-0.25, -0.2) is 0 Å². The van der Waals surface area contributed by atoms with Gasteiger partial charge in [-0.2, -0.15) is 0 Å². The Kier molecular flexibility index (Phi) is 5.21. The van der Waals surface area contributed by atoms with Crippen molar-refractivity contribution in [3.8, 4) is 11.5 Å². The molecule has 1 unspecified atom stereocenters. The first kappa shape index (κ1) is 17.7. The maximum atomic E-state index is 12.4. The highest BCUT2D eigenvalue weighted by Crippen LogP contribution is 2.34. The number of carbonyl (C=O) groups excluding carboxylic acids is 1. The molecule has 1 atom stereocenters. The van der Waals surface area contributed by atoms with Crippen molar-refractivity contribution in [2.24, 2.45) is 0 Å². The maximum absolute atomic E-state index is 12.4. The van der Waals surface area contributed by atoms with Crippen LogP contribution in [-0.2, 0) is 4.79 Å². The van der Waals surface area contributed by atoms with Gasteiger partial charge in [0, 0.05) is 4.90 Å². The Morgan fingerprint density at radius 3 is 2.63 bits per heavy atom. The van der Waals surface area contributed by atoms with Gasteiger partial charge in [0.25, 0.3) is 0 Å². The standard InChI is InChI=1S/C22H21NO3S/c1-15(17-7-6-16-4-2-3-5-18(16)12-17)23-22(24)14-27-19-8-9-20-21(13-19)26-11-10-25-20/h2-9,12-13,15H,10-11,14H2,1H3,(H,23,24). The molecular formula is C22H21NO3S. The van der Waals surface area contributed by atoms with E-state index in [1.54, 1.807) is 0 Å². The van der Waals surface area contributed by atoms with Crippen LogP contribution in [0.25, 0.3) is 10.8 Å². The molecule has 0 bridgehead atoms. The quantitative estimate of drug-likeness (QED) is 0.659. The van der Waals surface area contributed by atoms with Crippen LogP contribution in [0.4, 0.5) is 0 Å². The summed E-state index contributed by atoms with van der Waals surface area (Å²) >= 11 is 1.49. The minimum Gasteiger partial charge on any atom is -0.486 e. The van der Waals surface area contributed by atoms with Crippen LogP contribution in [0.15, 0.2) is 65.6 Å². The molecule has 0 fully saturated rings. The molecule has 3 aromatic rings. The number of hydrogen-bond donors (Lipinski definition) is 1. The fourth-order valence-electron chi connectivity index (χ4n) is 3.11. The Morgan fingerprint density at radius 2 is 1.78 bits per heavy atom. The van der Waals surface area contributed by atoms with E-state index < -0.39 is 0 Å². The first-order valence-corrected chi connectivity index (χ1v) is 9.98. The van der Waals surface area contributed by atoms with E-state index in [-0.39, 0.29) is 11.9 Å². The number of rotatable bonds is 5. The Labute approximate surface area is 162 Å². The van der Waals surface area contributed by atoms with Gasteiger partial charge in [0.15, 0.2) is 11.5 Å². The number of nitrogens with one attached hydrogen (secondary N) is 1. The molecule has 0 spiro atoms. The number of thioether (sulfide) groups is 1. The summed E-state index contributed by atoms with van der Waals surface area (Å²) in [7, 11) is 0. The van der Waals surface area contributed by atoms with Gasteiger partial charge >= 0.3 is 0 Å². The normalized spacial score (nSPS) is 14.0. The SMILES string of the molecule is CC(NC(=O)CSc1ccc2c(c1)OCCO2)c1ccc2ccccc2c1. The van der Waals surface area contributed by atoms with Crippen LogP contribution in [0, 0.1) is 0 Å². The van der Waals surface area contributed by atoms with Crippen molar-refractivity contribution >= 4 is 28.4 Å². The van der Waals surface area contributed by atoms with Crippen LogP contribution in [0.5, 0.6) is 11.5 Å². The molecule has 5 heteroatoms. The first-order valence-electron chi connectivity index (χ1n) is 8.99. The van der Waals surface area contributed by atoms with Gasteiger partial charge in [0.05, 0.1) is 11.8 Å². The van der Waals surface area contributed by atoms with Gasteiger partial charge in [-0.15, -0.1) is 11.8 Å². The summed E-state index contributed by atoms with van der Waals surface area (Å²) in [6.45, 7) is 3.15. The minimum absolute atomic E-state index is 0.00977. The van der Waals surface area contributed by atoms with Crippen LogP contribution in [0.2, 0.25) is 0 Å². The predicted molar refractivity (Wildman–Crippen MR) is 109 cm³/mol. The summed E-state index contributed by atoms with van der Waals surface area (Å²) in [5.74, 6) is 1.88. The van der Waals surface area contributed by atoms with Crippen molar-refractivity contribution < 1.29 is 14.3 Å². The second-order valence-corrected chi connectivity index (χ2v) is 7.54. The average Bonchev–Trinajstić information content (AvgIpc) is 2.71. The van der Waals surface area contributed by atoms with E-state index in [2.05, 4.69) is 35.6 Å². The van der Waals surface area contributed by atoms with Gasteiger partial charge in [0.1, 0.15) is 13.2 Å². The lowest BCUT2D eigenvalue weighted by molar-refractivity contribution is -0.119. The van der Waals surface area contributed by atoms with Crippen molar-refractivity contribution in [2.75, 3.05) is 19.0 Å². The van der Waals surface area contributed by atoms with E-state index >= 15 is 0 Å². The van der Waals surface area contributed by atoms with Gasteiger partial charge < -0.3 is 14.8 Å². The summed E-state index contributed by atoms with van der Waals surface area (Å²) in [5, 5.41) is 5.46. The topological polar surface area (TPSA) is 47.6 Å². The molecule has 1 aliphatic heterocycles. The van der Waals surface area contributed by atoms with Crippen molar-refractivity contribution in [3.63, 3.8) is 0 Å². The molecule has 4 rings (SSSR count). The first-order chi connectivity index (χ1) is 13.2. The molecule has 138 valence electrons. The van der Waals surface area contributed by atoms with Gasteiger partial charge in [0.2, 0.25) is 5.91 Å². The molecule has 27 heavy (non-hydrogen) atoms. The summed E-state index contributed by atoms with van der Waals surface area (Å²) in [5.41, 5.74) is 1.10. The van der Waals surface area contributed by atoms with E-state index in [0.717, 1.165) is 22.0 Å². The van der Waals surface area contributed by atoms with Crippen molar-refractivity contribution in [3.05, 3.63) is 66.2 Å². The highest BCUT2D eigenvalue weighted by Gasteiger charge is 2.14. The highest BCUT2D eigenvalue weighted by atomic mass is 32.2. The van der Waals surface area contributed by atoms with Gasteiger partial charge in [-0.3, -0.25) is 4.79 Å². The van der Waals surface area contributed by atoms with Crippen LogP contribution in [0.1, 0.15) is 18.5 Å². The molecule has 1 heterocycles. The Morgan fingerprint density at radius 1 is 1.00 bits per heavy atom. The van der Waals surface area contributed by atoms with Crippen molar-refractivity contribution in [1.82, 2.24) is 5.32 Å². The molecule has 4 nitrogen and oxygen atoms in total. The lowest BCUT2D eigenvalue weighted by Gasteiger charge is -2.19. The zero-order valence-electron chi connectivity index (χ0n) is 15.1. The average molecular weight is 379 g/mol. The van der Waals surface area contributed by atoms with Crippen molar-refractivity contribution in [2.45, 2.75) is 17.9 Å². The van der Waals surface area contributed by atoms with E-state index in [1.807, 2.05) is 37.3 Å². The molecule has 3 aromatic carbocycles. The number of benzene rings is 3. The van der Waals surface area contributed by atoms with Crippen LogP contribution in [0.3, 0.4) is 0 Å². The molecule has 0 saturated carbocycles. The summed E-state index contributed by atoms with van der Waals surface area (Å²) in [6.07, 6.45) is 0. The second kappa shape index (κ2) is 7.92. The van der Waals surface area contributed by atoms with Gasteiger partial charge in [-0.1, -0.05) is 36.4 Å². The van der Waals surface area contributed by atoms with Crippen LogP contribution >= 0.6 is 11.8 Å². The fourth-order valence-corrected chi connectivity index (χ4v) is 3.84. The number of fused-ring (bicyclic) bond motifs is 2. The van der Waals surface area contributed by atoms with E-state index in [0.29, 0.717) is 19.0 Å². The predicted octanol–water partition coefficient (Wildman–Crippen LogP) is 4.58. The second-order valence-electron chi connectivity index (χ2n) is 6.49. The lowest BCUT2D eigenvalue weighted by Crippen LogP contribution is -2.28. The summed E-state index contributed by atoms with van der Waals surface area (Å²) < 4.78 is 11.1. The molecule has 0 saturated heterocycles. The number of carbonyl (C=O) groups is 1. The third-order valence-electron chi connectivity index (χ3n) is 4.53. The third kappa shape index (κ3) is 4.19. The minimum atomic E-state index is -0.0389. The Hall–Kier alpha value is -2.66. The van der Waals surface area contributed by atoms with Crippen LogP contribution in [-0.4, -0.2) is 24.9 Å². The zero-order valence-corrected chi connectivity index (χ0v) is 15.9. The summed E-state index contributed by atoms with van der Waals surface area (Å²) in [4.78, 5) is 13.4. The molecular weight excluding hydrogens is 358 g/mol. The third-order valence-corrected chi connectivity index (χ3v) is 5.53. The zero-order chi connectivity index (χ0) is 18.6. The molecule has 1 amide bonds. The van der Waals surface area contributed by atoms with E-state index in [9.17, 15) is 4.79 Å². The number of ether oxygens (including phenoxy) is 2. The summed E-state index contributed by atoms with van der Waals surface area (Å²) in [6, 6.07) is 20.3. The molecule has 0 aliphatic carbocycles. The van der Waals surface area contributed by atoms with Gasteiger partial charge in [-0.05, 0) is 47.5 Å².